The molecule has 2 aromatic carbocycles. The van der Waals surface area contributed by atoms with Crippen LogP contribution in [0.2, 0.25) is 5.02 Å². The highest BCUT2D eigenvalue weighted by Gasteiger charge is 2.36. The fourth-order valence-corrected chi connectivity index (χ4v) is 8.70. The van der Waals surface area contributed by atoms with Gasteiger partial charge >= 0.3 is 6.03 Å². The number of nitrogens with one attached hydrogen (secondary N) is 1. The molecule has 0 aliphatic carbocycles. The molecule has 1 unspecified atom stereocenters. The number of para-hydroxylation sites is 1. The molecule has 2 atom stereocenters. The number of nitrogens with two attached hydrogens (primary N) is 1. The molecule has 0 saturated carbocycles. The summed E-state index contributed by atoms with van der Waals surface area (Å²) in [5.41, 5.74) is 9.88. The molecule has 0 aromatic heterocycles. The Kier molecular flexibility index (Phi) is 11.2. The van der Waals surface area contributed by atoms with Gasteiger partial charge in [-0.05, 0) is 119 Å². The van der Waals surface area contributed by atoms with E-state index in [2.05, 4.69) is 34.2 Å². The van der Waals surface area contributed by atoms with Gasteiger partial charge in [0.15, 0.2) is 0 Å². The number of carbonyl (C=O) groups excluding carboxylic acids is 2. The van der Waals surface area contributed by atoms with E-state index in [0.717, 1.165) is 81.0 Å². The standard InChI is InChI=1S/C38H51ClN6O3/c1-3-27-22-26(24-33(39)36(27)40)23-31(37(47)44-17-10-29(11-18-44)28-8-15-42(2)16-9-28)25-35(46)43-19-13-32(14-20-43)45-21-12-30-6-4-5-7-34(30)41-38(45)48/h1,4-7,22,24,28-29,31-32,35,46H,8-21,23,25,40H2,2H3,(H,41,48)/t31-,35?/m0/s1. The van der Waals surface area contributed by atoms with E-state index in [1.165, 1.54) is 12.8 Å². The first-order valence-corrected chi connectivity index (χ1v) is 18.2. The summed E-state index contributed by atoms with van der Waals surface area (Å²) in [6, 6.07) is 11.7. The number of urea groups is 1. The fourth-order valence-electron chi connectivity index (χ4n) is 8.45. The van der Waals surface area contributed by atoms with E-state index in [1.54, 1.807) is 6.07 Å². The maximum absolute atomic E-state index is 14.2. The molecule has 10 heteroatoms. The molecule has 3 fully saturated rings. The first-order valence-electron chi connectivity index (χ1n) is 17.8. The van der Waals surface area contributed by atoms with Crippen molar-refractivity contribution in [3.63, 3.8) is 0 Å². The van der Waals surface area contributed by atoms with Gasteiger partial charge in [-0.2, -0.15) is 0 Å². The summed E-state index contributed by atoms with van der Waals surface area (Å²) in [6.45, 7) is 5.81. The summed E-state index contributed by atoms with van der Waals surface area (Å²) < 4.78 is 0. The number of amides is 3. The number of nitrogen functional groups attached to an aromatic ring is 1. The molecule has 0 bridgehead atoms. The minimum atomic E-state index is -0.782. The van der Waals surface area contributed by atoms with Crippen LogP contribution in [0.4, 0.5) is 16.2 Å². The zero-order valence-corrected chi connectivity index (χ0v) is 29.0. The van der Waals surface area contributed by atoms with Crippen LogP contribution in [0.25, 0.3) is 0 Å². The maximum Gasteiger partial charge on any atom is 0.322 e. The first kappa shape index (κ1) is 34.6. The third-order valence-electron chi connectivity index (χ3n) is 11.5. The number of hydrogen-bond donors (Lipinski definition) is 3. The van der Waals surface area contributed by atoms with Crippen molar-refractivity contribution >= 4 is 34.9 Å². The Morgan fingerprint density at radius 3 is 2.38 bits per heavy atom. The summed E-state index contributed by atoms with van der Waals surface area (Å²) in [4.78, 5) is 35.8. The molecule has 9 nitrogen and oxygen atoms in total. The van der Waals surface area contributed by atoms with Crippen LogP contribution in [0, 0.1) is 30.1 Å². The zero-order chi connectivity index (χ0) is 33.8. The number of benzene rings is 2. The van der Waals surface area contributed by atoms with Crippen LogP contribution in [0.15, 0.2) is 36.4 Å². The molecule has 4 heterocycles. The zero-order valence-electron chi connectivity index (χ0n) is 28.2. The Hall–Kier alpha value is -3.29. The van der Waals surface area contributed by atoms with Crippen molar-refractivity contribution in [3.8, 4) is 12.3 Å². The highest BCUT2D eigenvalue weighted by Crippen LogP contribution is 2.34. The van der Waals surface area contributed by atoms with Gasteiger partial charge in [0.2, 0.25) is 5.91 Å². The molecular formula is C38H51ClN6O3. The number of halogens is 1. The minimum Gasteiger partial charge on any atom is -0.397 e. The molecule has 4 aliphatic rings. The Bertz CT molecular complexity index is 1490. The highest BCUT2D eigenvalue weighted by molar-refractivity contribution is 6.33. The third-order valence-corrected chi connectivity index (χ3v) is 11.8. The normalized spacial score (nSPS) is 22.0. The van der Waals surface area contributed by atoms with E-state index in [4.69, 9.17) is 23.8 Å². The van der Waals surface area contributed by atoms with Crippen molar-refractivity contribution in [1.82, 2.24) is 19.6 Å². The van der Waals surface area contributed by atoms with E-state index in [1.807, 2.05) is 34.1 Å². The Balaban J connectivity index is 1.09. The van der Waals surface area contributed by atoms with Crippen molar-refractivity contribution in [1.29, 1.82) is 0 Å². The smallest absolute Gasteiger partial charge is 0.322 e. The summed E-state index contributed by atoms with van der Waals surface area (Å²) in [6.07, 6.45) is 12.6. The number of terminal acetylenes is 1. The topological polar surface area (TPSA) is 105 Å². The van der Waals surface area contributed by atoms with Gasteiger partial charge < -0.3 is 30.9 Å². The van der Waals surface area contributed by atoms with E-state index < -0.39 is 12.1 Å². The number of fused-ring (bicyclic) bond motifs is 1. The molecular weight excluding hydrogens is 624 g/mol. The van der Waals surface area contributed by atoms with E-state index in [9.17, 15) is 14.7 Å². The quantitative estimate of drug-likeness (QED) is 0.272. The summed E-state index contributed by atoms with van der Waals surface area (Å²) in [5.74, 6) is 3.68. The van der Waals surface area contributed by atoms with E-state index in [0.29, 0.717) is 54.7 Å². The average molecular weight is 675 g/mol. The summed E-state index contributed by atoms with van der Waals surface area (Å²) in [5, 5.41) is 15.1. The Morgan fingerprint density at radius 1 is 1.02 bits per heavy atom. The number of likely N-dealkylation sites (tertiary alicyclic amines) is 3. The van der Waals surface area contributed by atoms with Crippen LogP contribution in [0.3, 0.4) is 0 Å². The number of nitrogens with zero attached hydrogens (tertiary/aromatic N) is 4. The first-order chi connectivity index (χ1) is 23.2. The molecule has 4 N–H and O–H groups in total. The molecule has 3 saturated heterocycles. The molecule has 2 aromatic rings. The van der Waals surface area contributed by atoms with Crippen LogP contribution in [-0.4, -0.2) is 102 Å². The van der Waals surface area contributed by atoms with Crippen molar-refractivity contribution in [3.05, 3.63) is 58.1 Å². The van der Waals surface area contributed by atoms with Gasteiger partial charge in [-0.15, -0.1) is 6.42 Å². The summed E-state index contributed by atoms with van der Waals surface area (Å²) >= 11 is 6.45. The van der Waals surface area contributed by atoms with Crippen molar-refractivity contribution in [2.45, 2.75) is 70.1 Å². The number of piperidine rings is 3. The molecule has 0 radical (unpaired) electrons. The van der Waals surface area contributed by atoms with Crippen LogP contribution < -0.4 is 11.1 Å². The molecule has 0 spiro atoms. The lowest BCUT2D eigenvalue weighted by atomic mass is 9.78. The molecule has 258 valence electrons. The second-order valence-electron chi connectivity index (χ2n) is 14.4. The van der Waals surface area contributed by atoms with Crippen molar-refractivity contribution in [2.24, 2.45) is 17.8 Å². The average Bonchev–Trinajstić information content (AvgIpc) is 3.27. The van der Waals surface area contributed by atoms with Crippen molar-refractivity contribution in [2.75, 3.05) is 63.9 Å². The number of aliphatic hydroxyl groups excluding tert-OH is 1. The van der Waals surface area contributed by atoms with Gasteiger partial charge in [-0.3, -0.25) is 9.69 Å². The van der Waals surface area contributed by atoms with Crippen LogP contribution in [0.1, 0.15) is 61.6 Å². The predicted molar refractivity (Wildman–Crippen MR) is 192 cm³/mol. The van der Waals surface area contributed by atoms with Gasteiger partial charge in [0.1, 0.15) is 6.23 Å². The third kappa shape index (κ3) is 7.94. The van der Waals surface area contributed by atoms with Crippen molar-refractivity contribution < 1.29 is 14.7 Å². The predicted octanol–water partition coefficient (Wildman–Crippen LogP) is 4.91. The monoisotopic (exact) mass is 674 g/mol. The van der Waals surface area contributed by atoms with Gasteiger partial charge in [0.25, 0.3) is 0 Å². The molecule has 3 amide bonds. The largest absolute Gasteiger partial charge is 0.397 e. The lowest BCUT2D eigenvalue weighted by Crippen LogP contribution is -2.52. The van der Waals surface area contributed by atoms with Crippen LogP contribution in [-0.2, 0) is 17.6 Å². The van der Waals surface area contributed by atoms with Gasteiger partial charge in [0, 0.05) is 55.9 Å². The number of aliphatic hydroxyl groups is 1. The second kappa shape index (κ2) is 15.5. The number of rotatable bonds is 8. The second-order valence-corrected chi connectivity index (χ2v) is 14.8. The summed E-state index contributed by atoms with van der Waals surface area (Å²) in [7, 11) is 2.20. The Morgan fingerprint density at radius 2 is 1.69 bits per heavy atom. The molecule has 4 aliphatic heterocycles. The molecule has 6 rings (SSSR count). The Labute approximate surface area is 290 Å². The van der Waals surface area contributed by atoms with Gasteiger partial charge in [-0.1, -0.05) is 35.7 Å². The number of anilines is 2. The highest BCUT2D eigenvalue weighted by atomic mass is 35.5. The maximum atomic E-state index is 14.2. The van der Waals surface area contributed by atoms with E-state index >= 15 is 0 Å². The van der Waals surface area contributed by atoms with Gasteiger partial charge in [-0.25, -0.2) is 4.79 Å². The molecule has 48 heavy (non-hydrogen) atoms. The fraction of sp³-hybridized carbons (Fsp3) is 0.579. The number of hydrogen-bond acceptors (Lipinski definition) is 6. The lowest BCUT2D eigenvalue weighted by molar-refractivity contribution is -0.140. The SMILES string of the molecule is C#Cc1cc(C[C@@H](CC(O)N2CCC(N3CCc4ccccc4NC3=O)CC2)C(=O)N2CCC(C3CCN(C)CC3)CC2)cc(Cl)c1N. The number of carbonyl (C=O) groups is 2. The van der Waals surface area contributed by atoms with Crippen LogP contribution in [0.5, 0.6) is 0 Å². The van der Waals surface area contributed by atoms with E-state index in [-0.39, 0.29) is 18.0 Å². The van der Waals surface area contributed by atoms with Gasteiger partial charge in [0.05, 0.1) is 10.7 Å². The van der Waals surface area contributed by atoms with Crippen LogP contribution >= 0.6 is 11.6 Å². The minimum absolute atomic E-state index is 0.0577. The lowest BCUT2D eigenvalue weighted by Gasteiger charge is -2.41.